The summed E-state index contributed by atoms with van der Waals surface area (Å²) in [5, 5.41) is 0. The fourth-order valence-corrected chi connectivity index (χ4v) is 4.48. The summed E-state index contributed by atoms with van der Waals surface area (Å²) in [7, 11) is -3.72. The van der Waals surface area contributed by atoms with E-state index >= 15 is 0 Å². The van der Waals surface area contributed by atoms with Gasteiger partial charge in [0.15, 0.2) is 11.7 Å². The van der Waals surface area contributed by atoms with E-state index in [0.717, 1.165) is 30.7 Å². The molecule has 4 rings (SSSR count). The second kappa shape index (κ2) is 6.85. The number of aromatic nitrogens is 1. The third kappa shape index (κ3) is 3.62. The maximum atomic E-state index is 13.0. The van der Waals surface area contributed by atoms with Crippen LogP contribution in [0, 0.1) is 6.92 Å². The molecule has 1 aliphatic carbocycles. The lowest BCUT2D eigenvalue weighted by molar-refractivity contribution is 0.509. The topological polar surface area (TPSA) is 72.2 Å². The van der Waals surface area contributed by atoms with Gasteiger partial charge in [0.1, 0.15) is 0 Å². The molecule has 0 saturated heterocycles. The van der Waals surface area contributed by atoms with Crippen LogP contribution in [0.15, 0.2) is 58.0 Å². The van der Waals surface area contributed by atoms with Gasteiger partial charge < -0.3 is 4.42 Å². The fraction of sp³-hybridized carbons (Fsp3) is 0.286. The molecule has 1 N–H and O–H groups in total. The molecule has 0 amide bonds. The molecular weight excluding hydrogens is 360 g/mol. The van der Waals surface area contributed by atoms with Gasteiger partial charge in [0.05, 0.1) is 16.8 Å². The first-order chi connectivity index (χ1) is 13.0. The molecular formula is C21H22N2O3S. The van der Waals surface area contributed by atoms with Gasteiger partial charge in [0, 0.05) is 11.5 Å². The Morgan fingerprint density at radius 2 is 1.96 bits per heavy atom. The standard InChI is InChI=1S/C21H22N2O3S/c1-3-15-6-4-5-7-18(15)23-27(24,25)20-12-17(9-8-14(20)2)19-13-22-21(26-19)16-10-11-16/h4-9,12-13,16,23H,3,10-11H2,1-2H3. The molecule has 0 aliphatic heterocycles. The fourth-order valence-electron chi connectivity index (χ4n) is 3.11. The second-order valence-corrected chi connectivity index (χ2v) is 8.58. The lowest BCUT2D eigenvalue weighted by Gasteiger charge is -2.14. The number of oxazole rings is 1. The van der Waals surface area contributed by atoms with Crippen molar-refractivity contribution in [1.29, 1.82) is 0 Å². The molecule has 1 aromatic heterocycles. The third-order valence-electron chi connectivity index (χ3n) is 4.85. The molecule has 27 heavy (non-hydrogen) atoms. The van der Waals surface area contributed by atoms with Gasteiger partial charge in [-0.2, -0.15) is 0 Å². The van der Waals surface area contributed by atoms with Crippen molar-refractivity contribution in [3.63, 3.8) is 0 Å². The van der Waals surface area contributed by atoms with Crippen molar-refractivity contribution in [2.24, 2.45) is 0 Å². The van der Waals surface area contributed by atoms with Gasteiger partial charge in [-0.25, -0.2) is 13.4 Å². The molecule has 1 heterocycles. The van der Waals surface area contributed by atoms with Gasteiger partial charge in [0.25, 0.3) is 10.0 Å². The predicted molar refractivity (Wildman–Crippen MR) is 105 cm³/mol. The summed E-state index contributed by atoms with van der Waals surface area (Å²) >= 11 is 0. The van der Waals surface area contributed by atoms with Crippen LogP contribution in [-0.4, -0.2) is 13.4 Å². The van der Waals surface area contributed by atoms with Crippen molar-refractivity contribution in [2.75, 3.05) is 4.72 Å². The Hall–Kier alpha value is -2.60. The number of rotatable bonds is 6. The lowest BCUT2D eigenvalue weighted by Crippen LogP contribution is -2.15. The molecule has 140 valence electrons. The molecule has 6 heteroatoms. The highest BCUT2D eigenvalue weighted by Crippen LogP contribution is 2.40. The van der Waals surface area contributed by atoms with Crippen LogP contribution < -0.4 is 4.72 Å². The monoisotopic (exact) mass is 382 g/mol. The number of hydrogen-bond acceptors (Lipinski definition) is 4. The van der Waals surface area contributed by atoms with Crippen LogP contribution >= 0.6 is 0 Å². The van der Waals surface area contributed by atoms with Crippen molar-refractivity contribution in [3.8, 4) is 11.3 Å². The molecule has 1 fully saturated rings. The maximum absolute atomic E-state index is 13.0. The van der Waals surface area contributed by atoms with E-state index in [1.54, 1.807) is 31.3 Å². The Balaban J connectivity index is 1.69. The summed E-state index contributed by atoms with van der Waals surface area (Å²) < 4.78 is 34.6. The van der Waals surface area contributed by atoms with Gasteiger partial charge >= 0.3 is 0 Å². The Labute approximate surface area is 159 Å². The zero-order valence-electron chi connectivity index (χ0n) is 15.4. The van der Waals surface area contributed by atoms with E-state index in [9.17, 15) is 8.42 Å². The highest BCUT2D eigenvalue weighted by molar-refractivity contribution is 7.92. The van der Waals surface area contributed by atoms with Crippen molar-refractivity contribution in [1.82, 2.24) is 4.98 Å². The summed E-state index contributed by atoms with van der Waals surface area (Å²) in [6, 6.07) is 12.8. The molecule has 0 unspecified atom stereocenters. The highest BCUT2D eigenvalue weighted by atomic mass is 32.2. The smallest absolute Gasteiger partial charge is 0.262 e. The first kappa shape index (κ1) is 17.8. The first-order valence-electron chi connectivity index (χ1n) is 9.15. The maximum Gasteiger partial charge on any atom is 0.262 e. The van der Waals surface area contributed by atoms with Gasteiger partial charge in [-0.3, -0.25) is 4.72 Å². The minimum atomic E-state index is -3.72. The molecule has 0 bridgehead atoms. The Morgan fingerprint density at radius 1 is 1.19 bits per heavy atom. The molecule has 3 aromatic rings. The average Bonchev–Trinajstić information content (AvgIpc) is 3.39. The summed E-state index contributed by atoms with van der Waals surface area (Å²) in [4.78, 5) is 4.57. The van der Waals surface area contributed by atoms with Crippen LogP contribution in [0.5, 0.6) is 0 Å². The number of benzene rings is 2. The summed E-state index contributed by atoms with van der Waals surface area (Å²) in [6.07, 6.45) is 4.64. The molecule has 0 atom stereocenters. The van der Waals surface area contributed by atoms with E-state index in [2.05, 4.69) is 9.71 Å². The lowest BCUT2D eigenvalue weighted by atomic mass is 10.1. The normalized spacial score (nSPS) is 14.3. The quantitative estimate of drug-likeness (QED) is 0.659. The SMILES string of the molecule is CCc1ccccc1NS(=O)(=O)c1cc(-c2cnc(C3CC3)o2)ccc1C. The Morgan fingerprint density at radius 3 is 2.70 bits per heavy atom. The van der Waals surface area contributed by atoms with Crippen LogP contribution in [0.4, 0.5) is 5.69 Å². The molecule has 5 nitrogen and oxygen atoms in total. The van der Waals surface area contributed by atoms with Gasteiger partial charge in [-0.05, 0) is 49.4 Å². The minimum Gasteiger partial charge on any atom is -0.440 e. The van der Waals surface area contributed by atoms with Crippen molar-refractivity contribution >= 4 is 15.7 Å². The summed E-state index contributed by atoms with van der Waals surface area (Å²) in [5.41, 5.74) is 2.96. The van der Waals surface area contributed by atoms with Gasteiger partial charge in [-0.1, -0.05) is 37.3 Å². The van der Waals surface area contributed by atoms with Crippen molar-refractivity contribution in [3.05, 3.63) is 65.7 Å². The van der Waals surface area contributed by atoms with E-state index < -0.39 is 10.0 Å². The zero-order valence-corrected chi connectivity index (χ0v) is 16.2. The van der Waals surface area contributed by atoms with Crippen LogP contribution in [-0.2, 0) is 16.4 Å². The molecule has 1 aliphatic rings. The molecule has 0 radical (unpaired) electrons. The number of sulfonamides is 1. The third-order valence-corrected chi connectivity index (χ3v) is 6.36. The summed E-state index contributed by atoms with van der Waals surface area (Å²) in [5.74, 6) is 1.76. The second-order valence-electron chi connectivity index (χ2n) is 6.93. The number of nitrogens with one attached hydrogen (secondary N) is 1. The average molecular weight is 382 g/mol. The Kier molecular flexibility index (Phi) is 4.52. The highest BCUT2D eigenvalue weighted by Gasteiger charge is 2.29. The number of para-hydroxylation sites is 1. The van der Waals surface area contributed by atoms with Crippen LogP contribution in [0.3, 0.4) is 0 Å². The van der Waals surface area contributed by atoms with E-state index in [4.69, 9.17) is 4.42 Å². The van der Waals surface area contributed by atoms with E-state index in [1.807, 2.05) is 31.2 Å². The van der Waals surface area contributed by atoms with Crippen molar-refractivity contribution < 1.29 is 12.8 Å². The molecule has 2 aromatic carbocycles. The molecule has 1 saturated carbocycles. The van der Waals surface area contributed by atoms with Gasteiger partial charge in [-0.15, -0.1) is 0 Å². The summed E-state index contributed by atoms with van der Waals surface area (Å²) in [6.45, 7) is 3.79. The number of aryl methyl sites for hydroxylation is 2. The van der Waals surface area contributed by atoms with E-state index in [1.165, 1.54) is 0 Å². The van der Waals surface area contributed by atoms with Crippen molar-refractivity contribution in [2.45, 2.75) is 43.9 Å². The predicted octanol–water partition coefficient (Wildman–Crippen LogP) is 4.89. The van der Waals surface area contributed by atoms with E-state index in [-0.39, 0.29) is 4.90 Å². The van der Waals surface area contributed by atoms with Crippen LogP contribution in [0.1, 0.15) is 42.7 Å². The number of nitrogens with zero attached hydrogens (tertiary/aromatic N) is 1. The Bertz CT molecular complexity index is 1080. The van der Waals surface area contributed by atoms with Crippen LogP contribution in [0.25, 0.3) is 11.3 Å². The molecule has 0 spiro atoms. The van der Waals surface area contributed by atoms with Crippen LogP contribution in [0.2, 0.25) is 0 Å². The largest absolute Gasteiger partial charge is 0.440 e. The van der Waals surface area contributed by atoms with Gasteiger partial charge in [0.2, 0.25) is 0 Å². The first-order valence-corrected chi connectivity index (χ1v) is 10.6. The number of anilines is 1. The number of hydrogen-bond donors (Lipinski definition) is 1. The minimum absolute atomic E-state index is 0.246. The van der Waals surface area contributed by atoms with E-state index in [0.29, 0.717) is 28.5 Å². The zero-order chi connectivity index (χ0) is 19.0.